The predicted molar refractivity (Wildman–Crippen MR) is 83.8 cm³/mol. The van der Waals surface area contributed by atoms with Crippen molar-refractivity contribution in [1.82, 2.24) is 9.80 Å². The number of nitrogens with one attached hydrogen (secondary N) is 1. The van der Waals surface area contributed by atoms with Gasteiger partial charge in [-0.05, 0) is 6.42 Å². The van der Waals surface area contributed by atoms with Crippen LogP contribution in [-0.4, -0.2) is 42.4 Å². The van der Waals surface area contributed by atoms with Crippen LogP contribution in [0.4, 0.5) is 0 Å². The summed E-state index contributed by atoms with van der Waals surface area (Å²) in [5.41, 5.74) is 0. The molecule has 19 heavy (non-hydrogen) atoms. The van der Waals surface area contributed by atoms with Gasteiger partial charge in [-0.3, -0.25) is 5.41 Å². The Labute approximate surface area is 119 Å². The maximum Gasteiger partial charge on any atom is 0.193 e. The van der Waals surface area contributed by atoms with E-state index in [1.165, 1.54) is 64.2 Å². The van der Waals surface area contributed by atoms with Crippen LogP contribution < -0.4 is 0 Å². The number of unbranched alkanes of at least 4 members (excludes halogenated alkanes) is 9. The molecule has 1 aliphatic heterocycles. The second-order valence-electron chi connectivity index (χ2n) is 5.91. The first-order chi connectivity index (χ1) is 9.25. The van der Waals surface area contributed by atoms with Crippen molar-refractivity contribution < 1.29 is 0 Å². The van der Waals surface area contributed by atoms with Gasteiger partial charge in [0, 0.05) is 26.7 Å². The molecule has 0 bridgehead atoms. The molecule has 0 aliphatic carbocycles. The largest absolute Gasteiger partial charge is 0.344 e. The van der Waals surface area contributed by atoms with E-state index in [-0.39, 0.29) is 0 Å². The normalized spacial score (nSPS) is 15.6. The highest BCUT2D eigenvalue weighted by molar-refractivity contribution is 5.78. The van der Waals surface area contributed by atoms with Crippen LogP contribution >= 0.6 is 0 Å². The predicted octanol–water partition coefficient (Wildman–Crippen LogP) is 4.09. The van der Waals surface area contributed by atoms with E-state index in [9.17, 15) is 0 Å². The minimum atomic E-state index is 0.718. The molecular weight excluding hydrogens is 234 g/mol. The van der Waals surface area contributed by atoms with E-state index in [4.69, 9.17) is 5.41 Å². The average molecular weight is 267 g/mol. The average Bonchev–Trinajstić information content (AvgIpc) is 2.73. The van der Waals surface area contributed by atoms with E-state index in [0.29, 0.717) is 0 Å². The molecule has 1 aliphatic rings. The van der Waals surface area contributed by atoms with Gasteiger partial charge < -0.3 is 9.80 Å². The number of guanidine groups is 1. The van der Waals surface area contributed by atoms with Gasteiger partial charge in [0.1, 0.15) is 0 Å². The van der Waals surface area contributed by atoms with Crippen LogP contribution in [0, 0.1) is 5.41 Å². The van der Waals surface area contributed by atoms with Gasteiger partial charge in [0.05, 0.1) is 0 Å². The molecule has 0 amide bonds. The Kier molecular flexibility index (Phi) is 8.68. The van der Waals surface area contributed by atoms with Gasteiger partial charge in [-0.2, -0.15) is 0 Å². The maximum absolute atomic E-state index is 7.89. The van der Waals surface area contributed by atoms with Crippen molar-refractivity contribution in [1.29, 1.82) is 5.41 Å². The third-order valence-electron chi connectivity index (χ3n) is 4.15. The number of likely N-dealkylation sites (N-methyl/N-ethyl adjacent to an activating group) is 1. The monoisotopic (exact) mass is 267 g/mol. The van der Waals surface area contributed by atoms with Crippen LogP contribution in [0.25, 0.3) is 0 Å². The number of hydrogen-bond acceptors (Lipinski definition) is 1. The first kappa shape index (κ1) is 16.3. The van der Waals surface area contributed by atoms with Crippen molar-refractivity contribution in [3.63, 3.8) is 0 Å². The quantitative estimate of drug-likeness (QED) is 0.572. The molecule has 0 aromatic rings. The van der Waals surface area contributed by atoms with Gasteiger partial charge in [-0.25, -0.2) is 0 Å². The van der Waals surface area contributed by atoms with E-state index in [2.05, 4.69) is 11.8 Å². The molecule has 0 atom stereocenters. The van der Waals surface area contributed by atoms with Crippen LogP contribution in [0.5, 0.6) is 0 Å². The number of hydrogen-bond donors (Lipinski definition) is 1. The molecule has 1 heterocycles. The van der Waals surface area contributed by atoms with Gasteiger partial charge >= 0.3 is 0 Å². The SMILES string of the molecule is CCCCCCCCCCCCN1CCN(C)C1=N. The fourth-order valence-corrected chi connectivity index (χ4v) is 2.73. The summed E-state index contributed by atoms with van der Waals surface area (Å²) in [6.45, 7) is 5.43. The minimum absolute atomic E-state index is 0.718. The second-order valence-corrected chi connectivity index (χ2v) is 5.91. The van der Waals surface area contributed by atoms with Crippen LogP contribution in [-0.2, 0) is 0 Å². The minimum Gasteiger partial charge on any atom is -0.344 e. The molecular formula is C16H33N3. The molecule has 0 radical (unpaired) electrons. The topological polar surface area (TPSA) is 30.3 Å². The first-order valence-corrected chi connectivity index (χ1v) is 8.30. The van der Waals surface area contributed by atoms with Crippen molar-refractivity contribution in [2.45, 2.75) is 71.1 Å². The van der Waals surface area contributed by atoms with Crippen molar-refractivity contribution >= 4 is 5.96 Å². The fourth-order valence-electron chi connectivity index (χ4n) is 2.73. The molecule has 1 fully saturated rings. The summed E-state index contributed by atoms with van der Waals surface area (Å²) in [4.78, 5) is 4.25. The van der Waals surface area contributed by atoms with Crippen molar-refractivity contribution in [2.75, 3.05) is 26.7 Å². The summed E-state index contributed by atoms with van der Waals surface area (Å²) < 4.78 is 0. The first-order valence-electron chi connectivity index (χ1n) is 8.30. The summed E-state index contributed by atoms with van der Waals surface area (Å²) in [5.74, 6) is 0.718. The lowest BCUT2D eigenvalue weighted by molar-refractivity contribution is 0.431. The lowest BCUT2D eigenvalue weighted by Gasteiger charge is -2.18. The van der Waals surface area contributed by atoms with E-state index >= 15 is 0 Å². The Hall–Kier alpha value is -0.730. The third-order valence-corrected chi connectivity index (χ3v) is 4.15. The zero-order valence-corrected chi connectivity index (χ0v) is 13.1. The van der Waals surface area contributed by atoms with Gasteiger partial charge in [-0.1, -0.05) is 64.7 Å². The van der Waals surface area contributed by atoms with E-state index in [1.807, 2.05) is 11.9 Å². The Bertz CT molecular complexity index is 240. The molecule has 0 unspecified atom stereocenters. The molecule has 0 aromatic heterocycles. The number of nitrogens with zero attached hydrogens (tertiary/aromatic N) is 2. The van der Waals surface area contributed by atoms with Gasteiger partial charge in [0.2, 0.25) is 0 Å². The molecule has 0 saturated carbocycles. The van der Waals surface area contributed by atoms with Crippen molar-refractivity contribution in [3.05, 3.63) is 0 Å². The van der Waals surface area contributed by atoms with Crippen LogP contribution in [0.2, 0.25) is 0 Å². The lowest BCUT2D eigenvalue weighted by atomic mass is 10.1. The molecule has 0 aromatic carbocycles. The lowest BCUT2D eigenvalue weighted by Crippen LogP contribution is -2.30. The van der Waals surface area contributed by atoms with E-state index in [0.717, 1.165) is 25.6 Å². The zero-order chi connectivity index (χ0) is 13.9. The molecule has 3 heteroatoms. The summed E-state index contributed by atoms with van der Waals surface area (Å²) in [6, 6.07) is 0. The summed E-state index contributed by atoms with van der Waals surface area (Å²) in [7, 11) is 2.01. The second kappa shape index (κ2) is 10.1. The zero-order valence-electron chi connectivity index (χ0n) is 13.1. The standard InChI is InChI=1S/C16H33N3/c1-3-4-5-6-7-8-9-10-11-12-13-19-15-14-18(2)16(19)17/h17H,3-15H2,1-2H3. The molecule has 1 saturated heterocycles. The summed E-state index contributed by atoms with van der Waals surface area (Å²) in [6.07, 6.45) is 13.9. The highest BCUT2D eigenvalue weighted by atomic mass is 15.4. The van der Waals surface area contributed by atoms with Gasteiger partial charge in [0.15, 0.2) is 5.96 Å². The van der Waals surface area contributed by atoms with E-state index < -0.39 is 0 Å². The summed E-state index contributed by atoms with van der Waals surface area (Å²) in [5, 5.41) is 7.89. The molecule has 112 valence electrons. The Morgan fingerprint density at radius 1 is 0.842 bits per heavy atom. The van der Waals surface area contributed by atoms with Crippen molar-refractivity contribution in [2.24, 2.45) is 0 Å². The highest BCUT2D eigenvalue weighted by Crippen LogP contribution is 2.12. The van der Waals surface area contributed by atoms with Crippen LogP contribution in [0.15, 0.2) is 0 Å². The highest BCUT2D eigenvalue weighted by Gasteiger charge is 2.20. The van der Waals surface area contributed by atoms with Gasteiger partial charge in [0.25, 0.3) is 0 Å². The Balaban J connectivity index is 1.83. The maximum atomic E-state index is 7.89. The van der Waals surface area contributed by atoms with Gasteiger partial charge in [-0.15, -0.1) is 0 Å². The fraction of sp³-hybridized carbons (Fsp3) is 0.938. The molecule has 3 nitrogen and oxygen atoms in total. The summed E-state index contributed by atoms with van der Waals surface area (Å²) >= 11 is 0. The molecule has 0 spiro atoms. The molecule has 1 N–H and O–H groups in total. The number of rotatable bonds is 11. The van der Waals surface area contributed by atoms with Crippen molar-refractivity contribution in [3.8, 4) is 0 Å². The van der Waals surface area contributed by atoms with Crippen LogP contribution in [0.1, 0.15) is 71.1 Å². The van der Waals surface area contributed by atoms with E-state index in [1.54, 1.807) is 0 Å². The molecule has 1 rings (SSSR count). The Morgan fingerprint density at radius 2 is 1.37 bits per heavy atom. The smallest absolute Gasteiger partial charge is 0.193 e. The third kappa shape index (κ3) is 6.84. The van der Waals surface area contributed by atoms with Crippen LogP contribution in [0.3, 0.4) is 0 Å². The Morgan fingerprint density at radius 3 is 1.84 bits per heavy atom.